The van der Waals surface area contributed by atoms with Gasteiger partial charge in [-0.3, -0.25) is 9.59 Å². The minimum Gasteiger partial charge on any atom is -0.355 e. The van der Waals surface area contributed by atoms with Gasteiger partial charge in [0.05, 0.1) is 11.6 Å². The van der Waals surface area contributed by atoms with Crippen molar-refractivity contribution < 1.29 is 18.4 Å². The van der Waals surface area contributed by atoms with Gasteiger partial charge in [-0.2, -0.15) is 0 Å². The molecule has 0 radical (unpaired) electrons. The molecule has 1 N–H and O–H groups in total. The molecule has 1 saturated carbocycles. The highest BCUT2D eigenvalue weighted by atomic mass is 19.1. The van der Waals surface area contributed by atoms with Gasteiger partial charge in [-0.15, -0.1) is 0 Å². The number of hydrogen-bond donors (Lipinski definition) is 1. The molecule has 6 heteroatoms. The number of carbonyl (C=O) groups is 2. The zero-order chi connectivity index (χ0) is 19.0. The maximum Gasteiger partial charge on any atom is 0.227 e. The van der Waals surface area contributed by atoms with Crippen LogP contribution < -0.4 is 10.2 Å². The van der Waals surface area contributed by atoms with Crippen LogP contribution in [0.25, 0.3) is 0 Å². The standard InChI is InChI=1S/C21H20F2N2O2/c22-16-6-7-18(17(23)11-16)25-12-14(10-19(25)26)20(27)24-13-21(8-9-21)15-4-2-1-3-5-15/h1-7,11,14H,8-10,12-13H2,(H,24,27). The van der Waals surface area contributed by atoms with E-state index in [1.807, 2.05) is 18.2 Å². The minimum absolute atomic E-state index is 0.0116. The van der Waals surface area contributed by atoms with Crippen molar-refractivity contribution in [1.82, 2.24) is 5.32 Å². The molecule has 0 spiro atoms. The highest BCUT2D eigenvalue weighted by molar-refractivity contribution is 6.00. The van der Waals surface area contributed by atoms with Crippen LogP contribution in [0.1, 0.15) is 24.8 Å². The Balaban J connectivity index is 1.40. The summed E-state index contributed by atoms with van der Waals surface area (Å²) in [5.41, 5.74) is 1.21. The Morgan fingerprint density at radius 1 is 1.15 bits per heavy atom. The van der Waals surface area contributed by atoms with Crippen LogP contribution in [0.5, 0.6) is 0 Å². The molecular formula is C21H20F2N2O2. The number of halogens is 2. The zero-order valence-electron chi connectivity index (χ0n) is 14.8. The lowest BCUT2D eigenvalue weighted by Gasteiger charge is -2.19. The maximum atomic E-state index is 14.0. The Bertz CT molecular complexity index is 881. The van der Waals surface area contributed by atoms with E-state index in [0.29, 0.717) is 6.54 Å². The predicted octanol–water partition coefficient (Wildman–Crippen LogP) is 3.17. The molecule has 2 amide bonds. The van der Waals surface area contributed by atoms with Crippen LogP contribution >= 0.6 is 0 Å². The predicted molar refractivity (Wildman–Crippen MR) is 97.2 cm³/mol. The van der Waals surface area contributed by atoms with Gasteiger partial charge in [0.1, 0.15) is 11.6 Å². The fraction of sp³-hybridized carbons (Fsp3) is 0.333. The molecular weight excluding hydrogens is 350 g/mol. The van der Waals surface area contributed by atoms with E-state index in [1.165, 1.54) is 16.5 Å². The van der Waals surface area contributed by atoms with Crippen LogP contribution in [0, 0.1) is 17.6 Å². The quantitative estimate of drug-likeness (QED) is 0.879. The number of rotatable bonds is 5. The van der Waals surface area contributed by atoms with Crippen molar-refractivity contribution in [2.45, 2.75) is 24.7 Å². The topological polar surface area (TPSA) is 49.4 Å². The van der Waals surface area contributed by atoms with Gasteiger partial charge in [0, 0.05) is 31.0 Å². The Labute approximate surface area is 156 Å². The second-order valence-electron chi connectivity index (χ2n) is 7.37. The van der Waals surface area contributed by atoms with Crippen LogP contribution in [-0.2, 0) is 15.0 Å². The lowest BCUT2D eigenvalue weighted by molar-refractivity contribution is -0.126. The smallest absolute Gasteiger partial charge is 0.227 e. The molecule has 4 nitrogen and oxygen atoms in total. The largest absolute Gasteiger partial charge is 0.355 e. The van der Waals surface area contributed by atoms with Crippen molar-refractivity contribution >= 4 is 17.5 Å². The fourth-order valence-corrected chi connectivity index (χ4v) is 3.73. The van der Waals surface area contributed by atoms with Crippen LogP contribution in [0.3, 0.4) is 0 Å². The first-order valence-corrected chi connectivity index (χ1v) is 9.07. The van der Waals surface area contributed by atoms with Gasteiger partial charge in [0.15, 0.2) is 0 Å². The Morgan fingerprint density at radius 3 is 2.56 bits per heavy atom. The summed E-state index contributed by atoms with van der Waals surface area (Å²) in [6, 6.07) is 13.2. The molecule has 1 unspecified atom stereocenters. The number of benzene rings is 2. The minimum atomic E-state index is -0.801. The third-order valence-electron chi connectivity index (χ3n) is 5.54. The molecule has 27 heavy (non-hydrogen) atoms. The summed E-state index contributed by atoms with van der Waals surface area (Å²) in [5.74, 6) is -2.56. The molecule has 0 aromatic heterocycles. The molecule has 0 bridgehead atoms. The summed E-state index contributed by atoms with van der Waals surface area (Å²) >= 11 is 0. The molecule has 1 aliphatic heterocycles. The van der Waals surface area contributed by atoms with Gasteiger partial charge < -0.3 is 10.2 Å². The van der Waals surface area contributed by atoms with Gasteiger partial charge in [-0.1, -0.05) is 30.3 Å². The SMILES string of the molecule is O=C(NCC1(c2ccccc2)CC1)C1CC(=O)N(c2ccc(F)cc2F)C1. The fourth-order valence-electron chi connectivity index (χ4n) is 3.73. The first-order chi connectivity index (χ1) is 13.0. The molecule has 1 heterocycles. The number of nitrogens with one attached hydrogen (secondary N) is 1. The number of amides is 2. The molecule has 1 atom stereocenters. The monoisotopic (exact) mass is 370 g/mol. The Kier molecular flexibility index (Phi) is 4.42. The highest BCUT2D eigenvalue weighted by Crippen LogP contribution is 2.47. The lowest BCUT2D eigenvalue weighted by Crippen LogP contribution is -2.37. The molecule has 1 saturated heterocycles. The maximum absolute atomic E-state index is 14.0. The van der Waals surface area contributed by atoms with Gasteiger partial charge in [-0.05, 0) is 30.5 Å². The van der Waals surface area contributed by atoms with E-state index in [9.17, 15) is 18.4 Å². The van der Waals surface area contributed by atoms with Crippen LogP contribution in [0.4, 0.5) is 14.5 Å². The third kappa shape index (κ3) is 3.44. The molecule has 2 fully saturated rings. The average Bonchev–Trinajstić information content (AvgIpc) is 3.36. The first-order valence-electron chi connectivity index (χ1n) is 9.07. The van der Waals surface area contributed by atoms with Crippen molar-refractivity contribution in [1.29, 1.82) is 0 Å². The van der Waals surface area contributed by atoms with E-state index in [0.717, 1.165) is 25.0 Å². The van der Waals surface area contributed by atoms with E-state index >= 15 is 0 Å². The molecule has 2 aromatic carbocycles. The normalized spacial score (nSPS) is 20.6. The van der Waals surface area contributed by atoms with Crippen LogP contribution in [0.15, 0.2) is 48.5 Å². The second-order valence-corrected chi connectivity index (χ2v) is 7.37. The summed E-state index contributed by atoms with van der Waals surface area (Å²) < 4.78 is 27.1. The van der Waals surface area contributed by atoms with E-state index in [2.05, 4.69) is 17.4 Å². The van der Waals surface area contributed by atoms with Crippen molar-refractivity contribution in [2.24, 2.45) is 5.92 Å². The Hall–Kier alpha value is -2.76. The molecule has 2 aromatic rings. The van der Waals surface area contributed by atoms with Crippen LogP contribution in [0.2, 0.25) is 0 Å². The Morgan fingerprint density at radius 2 is 1.89 bits per heavy atom. The van der Waals surface area contributed by atoms with Gasteiger partial charge in [0.2, 0.25) is 11.8 Å². The highest BCUT2D eigenvalue weighted by Gasteiger charge is 2.45. The van der Waals surface area contributed by atoms with Crippen molar-refractivity contribution in [2.75, 3.05) is 18.0 Å². The number of hydrogen-bond acceptors (Lipinski definition) is 2. The van der Waals surface area contributed by atoms with E-state index in [-0.39, 0.29) is 35.9 Å². The summed E-state index contributed by atoms with van der Waals surface area (Å²) in [7, 11) is 0. The first kappa shape index (κ1) is 17.6. The zero-order valence-corrected chi connectivity index (χ0v) is 14.8. The summed E-state index contributed by atoms with van der Waals surface area (Å²) in [6.07, 6.45) is 2.07. The van der Waals surface area contributed by atoms with E-state index < -0.39 is 17.6 Å². The average molecular weight is 370 g/mol. The number of nitrogens with zero attached hydrogens (tertiary/aromatic N) is 1. The van der Waals surface area contributed by atoms with Gasteiger partial charge >= 0.3 is 0 Å². The van der Waals surface area contributed by atoms with Crippen molar-refractivity contribution in [3.8, 4) is 0 Å². The molecule has 140 valence electrons. The van der Waals surface area contributed by atoms with E-state index in [1.54, 1.807) is 0 Å². The molecule has 1 aliphatic carbocycles. The summed E-state index contributed by atoms with van der Waals surface area (Å²) in [4.78, 5) is 26.0. The van der Waals surface area contributed by atoms with Crippen molar-refractivity contribution in [3.05, 3.63) is 65.7 Å². The second kappa shape index (κ2) is 6.76. The van der Waals surface area contributed by atoms with Crippen molar-refractivity contribution in [3.63, 3.8) is 0 Å². The van der Waals surface area contributed by atoms with E-state index in [4.69, 9.17) is 0 Å². The van der Waals surface area contributed by atoms with Crippen LogP contribution in [-0.4, -0.2) is 24.9 Å². The van der Waals surface area contributed by atoms with Gasteiger partial charge in [-0.25, -0.2) is 8.78 Å². The number of carbonyl (C=O) groups excluding carboxylic acids is 2. The van der Waals surface area contributed by atoms with Gasteiger partial charge in [0.25, 0.3) is 0 Å². The molecule has 2 aliphatic rings. The lowest BCUT2D eigenvalue weighted by atomic mass is 9.95. The molecule has 4 rings (SSSR count). The number of anilines is 1. The summed E-state index contributed by atoms with van der Waals surface area (Å²) in [6.45, 7) is 0.636. The summed E-state index contributed by atoms with van der Waals surface area (Å²) in [5, 5.41) is 2.97. The third-order valence-corrected chi connectivity index (χ3v) is 5.54.